The van der Waals surface area contributed by atoms with Crippen LogP contribution in [0.2, 0.25) is 0 Å². The summed E-state index contributed by atoms with van der Waals surface area (Å²) in [4.78, 5) is 12.2. The van der Waals surface area contributed by atoms with E-state index >= 15 is 0 Å². The topological polar surface area (TPSA) is 91.8 Å². The molecule has 0 radical (unpaired) electrons. The Morgan fingerprint density at radius 2 is 1.64 bits per heavy atom. The first kappa shape index (κ1) is 20.5. The van der Waals surface area contributed by atoms with Gasteiger partial charge in [-0.2, -0.15) is 4.31 Å². The average molecular weight is 423 g/mol. The Hall–Kier alpha value is -2.23. The zero-order valence-electron chi connectivity index (χ0n) is 15.9. The minimum atomic E-state index is -3.80. The molecule has 7 nitrogen and oxygen atoms in total. The van der Waals surface area contributed by atoms with E-state index in [-0.39, 0.29) is 29.3 Å². The second kappa shape index (κ2) is 7.31. The number of hydrogen-bond acceptors (Lipinski definition) is 5. The minimum absolute atomic E-state index is 0.0692. The van der Waals surface area contributed by atoms with Gasteiger partial charge in [-0.3, -0.25) is 4.79 Å². The number of nitrogens with zero attached hydrogens (tertiary/aromatic N) is 2. The molecule has 1 amide bonds. The van der Waals surface area contributed by atoms with E-state index in [1.165, 1.54) is 23.5 Å². The Kier molecular flexibility index (Phi) is 5.35. The number of carbonyl (C=O) groups is 1. The summed E-state index contributed by atoms with van der Waals surface area (Å²) in [6, 6.07) is 12.1. The van der Waals surface area contributed by atoms with Crippen molar-refractivity contribution < 1.29 is 21.6 Å². The largest absolute Gasteiger partial charge is 0.273 e. The summed E-state index contributed by atoms with van der Waals surface area (Å²) in [6.07, 6.45) is -0.0692. The van der Waals surface area contributed by atoms with Gasteiger partial charge >= 0.3 is 0 Å². The third-order valence-corrected chi connectivity index (χ3v) is 8.47. The molecule has 9 heteroatoms. The van der Waals surface area contributed by atoms with E-state index in [9.17, 15) is 21.6 Å². The van der Waals surface area contributed by atoms with Crippen LogP contribution < -0.4 is 4.31 Å². The van der Waals surface area contributed by atoms with Gasteiger partial charge in [0.2, 0.25) is 26.0 Å². The molecule has 0 N–H and O–H groups in total. The standard InChI is InChI=1S/C19H22N2O5S2/c1-14-11-17(21-18(22)9-10-27(21,23)24)12-15(2)19(14)28(25,26)20(3)13-16-7-5-4-6-8-16/h4-8,11-12H,9-10,13H2,1-3H3. The molecular formula is C19H22N2O5S2. The van der Waals surface area contributed by atoms with E-state index in [0.29, 0.717) is 11.1 Å². The van der Waals surface area contributed by atoms with Gasteiger partial charge in [0, 0.05) is 20.0 Å². The quantitative estimate of drug-likeness (QED) is 0.737. The monoisotopic (exact) mass is 422 g/mol. The van der Waals surface area contributed by atoms with Gasteiger partial charge in [0.15, 0.2) is 0 Å². The van der Waals surface area contributed by atoms with Crippen molar-refractivity contribution in [1.82, 2.24) is 4.31 Å². The number of benzene rings is 2. The SMILES string of the molecule is Cc1cc(N2C(=O)CCS2(=O)=O)cc(C)c1S(=O)(=O)N(C)Cc1ccccc1. The molecule has 0 spiro atoms. The Morgan fingerprint density at radius 1 is 1.07 bits per heavy atom. The van der Waals surface area contributed by atoms with Crippen LogP contribution in [0.3, 0.4) is 0 Å². The van der Waals surface area contributed by atoms with Crippen molar-refractivity contribution in [1.29, 1.82) is 0 Å². The summed E-state index contributed by atoms with van der Waals surface area (Å²) < 4.78 is 52.6. The zero-order valence-corrected chi connectivity index (χ0v) is 17.5. The zero-order chi connectivity index (χ0) is 20.7. The Labute approximate surface area is 165 Å². The first-order chi connectivity index (χ1) is 13.0. The molecule has 1 saturated heterocycles. The van der Waals surface area contributed by atoms with E-state index in [1.54, 1.807) is 13.8 Å². The fourth-order valence-corrected chi connectivity index (χ4v) is 6.41. The normalized spacial score (nSPS) is 16.7. The van der Waals surface area contributed by atoms with Crippen molar-refractivity contribution in [3.63, 3.8) is 0 Å². The van der Waals surface area contributed by atoms with Crippen LogP contribution in [-0.2, 0) is 31.4 Å². The van der Waals surface area contributed by atoms with Crippen molar-refractivity contribution in [2.45, 2.75) is 31.7 Å². The highest BCUT2D eigenvalue weighted by Gasteiger charge is 2.37. The maximum atomic E-state index is 13.1. The molecule has 150 valence electrons. The molecule has 28 heavy (non-hydrogen) atoms. The van der Waals surface area contributed by atoms with Crippen LogP contribution in [0.15, 0.2) is 47.4 Å². The Balaban J connectivity index is 2.00. The van der Waals surface area contributed by atoms with Gasteiger partial charge in [-0.25, -0.2) is 21.1 Å². The number of sulfonamides is 2. The molecule has 0 aliphatic carbocycles. The third-order valence-electron chi connectivity index (χ3n) is 4.67. The molecule has 1 heterocycles. The summed E-state index contributed by atoms with van der Waals surface area (Å²) in [5.41, 5.74) is 1.83. The summed E-state index contributed by atoms with van der Waals surface area (Å²) in [6.45, 7) is 3.42. The number of rotatable bonds is 5. The van der Waals surface area contributed by atoms with Gasteiger partial charge in [0.1, 0.15) is 0 Å². The molecular weight excluding hydrogens is 400 g/mol. The van der Waals surface area contributed by atoms with Crippen LogP contribution in [0.25, 0.3) is 0 Å². The first-order valence-corrected chi connectivity index (χ1v) is 11.8. The molecule has 3 rings (SSSR count). The van der Waals surface area contributed by atoms with Crippen molar-refractivity contribution in [3.8, 4) is 0 Å². The molecule has 2 aromatic rings. The van der Waals surface area contributed by atoms with E-state index in [0.717, 1.165) is 9.87 Å². The molecule has 0 bridgehead atoms. The van der Waals surface area contributed by atoms with Crippen molar-refractivity contribution >= 4 is 31.6 Å². The molecule has 1 aliphatic heterocycles. The van der Waals surface area contributed by atoms with Gasteiger partial charge in [-0.15, -0.1) is 0 Å². The molecule has 2 aromatic carbocycles. The molecule has 0 unspecified atom stereocenters. The molecule has 0 atom stereocenters. The molecule has 0 aromatic heterocycles. The maximum absolute atomic E-state index is 13.1. The summed E-state index contributed by atoms with van der Waals surface area (Å²) in [7, 11) is -6.00. The summed E-state index contributed by atoms with van der Waals surface area (Å²) in [5, 5.41) is 0. The number of anilines is 1. The number of aryl methyl sites for hydroxylation is 2. The summed E-state index contributed by atoms with van der Waals surface area (Å²) in [5.74, 6) is -0.736. The van der Waals surface area contributed by atoms with E-state index < -0.39 is 26.0 Å². The van der Waals surface area contributed by atoms with Crippen LogP contribution in [0, 0.1) is 13.8 Å². The third kappa shape index (κ3) is 3.69. The van der Waals surface area contributed by atoms with Crippen LogP contribution in [0.5, 0.6) is 0 Å². The predicted octanol–water partition coefficient (Wildman–Crippen LogP) is 2.19. The first-order valence-electron chi connectivity index (χ1n) is 8.71. The lowest BCUT2D eigenvalue weighted by Crippen LogP contribution is -2.30. The average Bonchev–Trinajstić information content (AvgIpc) is 2.87. The van der Waals surface area contributed by atoms with Gasteiger partial charge in [0.05, 0.1) is 16.3 Å². The van der Waals surface area contributed by atoms with E-state index in [4.69, 9.17) is 0 Å². The highest BCUT2D eigenvalue weighted by Crippen LogP contribution is 2.32. The van der Waals surface area contributed by atoms with Crippen LogP contribution in [0.1, 0.15) is 23.1 Å². The fraction of sp³-hybridized carbons (Fsp3) is 0.316. The second-order valence-corrected chi connectivity index (χ2v) is 10.8. The van der Waals surface area contributed by atoms with Gasteiger partial charge < -0.3 is 0 Å². The highest BCUT2D eigenvalue weighted by molar-refractivity contribution is 7.94. The van der Waals surface area contributed by atoms with Gasteiger partial charge in [0.25, 0.3) is 0 Å². The highest BCUT2D eigenvalue weighted by atomic mass is 32.2. The fourth-order valence-electron chi connectivity index (χ4n) is 3.40. The van der Waals surface area contributed by atoms with Gasteiger partial charge in [-0.05, 0) is 42.7 Å². The molecule has 1 fully saturated rings. The lowest BCUT2D eigenvalue weighted by molar-refractivity contribution is -0.116. The minimum Gasteiger partial charge on any atom is -0.273 e. The number of amides is 1. The molecule has 0 saturated carbocycles. The predicted molar refractivity (Wildman–Crippen MR) is 107 cm³/mol. The summed E-state index contributed by atoms with van der Waals surface area (Å²) >= 11 is 0. The lowest BCUT2D eigenvalue weighted by Gasteiger charge is -2.22. The van der Waals surface area contributed by atoms with Gasteiger partial charge in [-0.1, -0.05) is 30.3 Å². The van der Waals surface area contributed by atoms with Crippen molar-refractivity contribution in [3.05, 3.63) is 59.2 Å². The Bertz CT molecular complexity index is 1100. The van der Waals surface area contributed by atoms with E-state index in [1.807, 2.05) is 30.3 Å². The Morgan fingerprint density at radius 3 is 2.14 bits per heavy atom. The van der Waals surface area contributed by atoms with Crippen LogP contribution in [0.4, 0.5) is 5.69 Å². The van der Waals surface area contributed by atoms with E-state index in [2.05, 4.69) is 0 Å². The molecule has 1 aliphatic rings. The number of hydrogen-bond donors (Lipinski definition) is 0. The van der Waals surface area contributed by atoms with Crippen molar-refractivity contribution in [2.75, 3.05) is 17.1 Å². The van der Waals surface area contributed by atoms with Crippen LogP contribution in [-0.4, -0.2) is 39.8 Å². The smallest absolute Gasteiger partial charge is 0.243 e. The lowest BCUT2D eigenvalue weighted by atomic mass is 10.1. The second-order valence-electron chi connectivity index (χ2n) is 6.88. The number of carbonyl (C=O) groups excluding carboxylic acids is 1. The van der Waals surface area contributed by atoms with Crippen molar-refractivity contribution in [2.24, 2.45) is 0 Å². The van der Waals surface area contributed by atoms with Crippen LogP contribution >= 0.6 is 0 Å². The maximum Gasteiger partial charge on any atom is 0.243 e.